The van der Waals surface area contributed by atoms with Gasteiger partial charge >= 0.3 is 6.36 Å². The summed E-state index contributed by atoms with van der Waals surface area (Å²) in [7, 11) is 0. The number of carbonyl (C=O) groups excluding carboxylic acids is 1. The van der Waals surface area contributed by atoms with Crippen LogP contribution in [0.4, 0.5) is 18.9 Å². The molecule has 3 aromatic carbocycles. The van der Waals surface area contributed by atoms with Crippen LogP contribution >= 0.6 is 0 Å². The third-order valence-corrected chi connectivity index (χ3v) is 4.57. The first-order chi connectivity index (χ1) is 15.2. The summed E-state index contributed by atoms with van der Waals surface area (Å²) in [6.07, 6.45) is -4.78. The van der Waals surface area contributed by atoms with Crippen molar-refractivity contribution < 1.29 is 22.7 Å². The Balaban J connectivity index is 1.54. The highest BCUT2D eigenvalue weighted by molar-refractivity contribution is 6.00. The van der Waals surface area contributed by atoms with Crippen molar-refractivity contribution in [2.45, 2.75) is 13.0 Å². The van der Waals surface area contributed by atoms with Gasteiger partial charge in [-0.05, 0) is 47.5 Å². The van der Waals surface area contributed by atoms with Crippen LogP contribution in [0.5, 0.6) is 5.75 Å². The molecule has 0 aliphatic carbocycles. The predicted molar refractivity (Wildman–Crippen MR) is 111 cm³/mol. The summed E-state index contributed by atoms with van der Waals surface area (Å²) in [4.78, 5) is 14.2. The minimum absolute atomic E-state index is 0.110. The number of amides is 1. The zero-order valence-corrected chi connectivity index (χ0v) is 16.5. The summed E-state index contributed by atoms with van der Waals surface area (Å²) in [5.41, 5.74) is 8.76. The van der Waals surface area contributed by atoms with E-state index in [0.29, 0.717) is 22.2 Å². The molecule has 0 aliphatic rings. The number of anilines is 1. The lowest BCUT2D eigenvalue weighted by Gasteiger charge is -2.17. The summed E-state index contributed by atoms with van der Waals surface area (Å²) in [5, 5.41) is 9.44. The number of halogens is 3. The van der Waals surface area contributed by atoms with Gasteiger partial charge in [-0.3, -0.25) is 9.80 Å². The van der Waals surface area contributed by atoms with Gasteiger partial charge in [0.25, 0.3) is 5.91 Å². The highest BCUT2D eigenvalue weighted by Gasteiger charge is 2.31. The second-order valence-electron chi connectivity index (χ2n) is 6.85. The van der Waals surface area contributed by atoms with Gasteiger partial charge in [-0.2, -0.15) is 15.0 Å². The number of fused-ring (bicyclic) bond motifs is 1. The van der Waals surface area contributed by atoms with Crippen LogP contribution in [0.15, 0.2) is 66.7 Å². The number of hydrogen-bond donors (Lipinski definition) is 2. The molecule has 11 heteroatoms. The second-order valence-corrected chi connectivity index (χ2v) is 6.85. The lowest BCUT2D eigenvalue weighted by atomic mass is 10.0. The number of ether oxygens (including phenoxy) is 1. The number of nitrogens with two attached hydrogens (primary N) is 2. The largest absolute Gasteiger partial charge is 0.573 e. The molecule has 32 heavy (non-hydrogen) atoms. The first-order valence-electron chi connectivity index (χ1n) is 9.32. The number of nitrogen functional groups attached to an aromatic ring is 1. The molecule has 0 atom stereocenters. The zero-order valence-electron chi connectivity index (χ0n) is 16.5. The van der Waals surface area contributed by atoms with Gasteiger partial charge in [-0.15, -0.1) is 13.2 Å². The van der Waals surface area contributed by atoms with Crippen LogP contribution in [-0.2, 0) is 6.67 Å². The van der Waals surface area contributed by atoms with Crippen molar-refractivity contribution in [3.05, 3.63) is 72.3 Å². The van der Waals surface area contributed by atoms with E-state index in [4.69, 9.17) is 11.6 Å². The van der Waals surface area contributed by atoms with E-state index in [1.54, 1.807) is 18.2 Å². The predicted octanol–water partition coefficient (Wildman–Crippen LogP) is 3.55. The Kier molecular flexibility index (Phi) is 5.41. The first kappa shape index (κ1) is 21.1. The maximum Gasteiger partial charge on any atom is 0.573 e. The fourth-order valence-electron chi connectivity index (χ4n) is 3.09. The van der Waals surface area contributed by atoms with Crippen molar-refractivity contribution in [2.24, 2.45) is 5.84 Å². The van der Waals surface area contributed by atoms with Gasteiger partial charge in [0.15, 0.2) is 0 Å². The van der Waals surface area contributed by atoms with E-state index in [2.05, 4.69) is 14.9 Å². The molecule has 0 bridgehead atoms. The number of nitrogens with zero attached hydrogens (tertiary/aromatic N) is 4. The number of rotatable bonds is 5. The molecule has 0 saturated heterocycles. The van der Waals surface area contributed by atoms with Crippen molar-refractivity contribution in [1.29, 1.82) is 0 Å². The summed E-state index contributed by atoms with van der Waals surface area (Å²) in [5.74, 6) is 5.03. The van der Waals surface area contributed by atoms with Crippen LogP contribution in [0.2, 0.25) is 0 Å². The minimum Gasteiger partial charge on any atom is -0.406 e. The zero-order chi connectivity index (χ0) is 22.9. The Morgan fingerprint density at radius 3 is 2.16 bits per heavy atom. The van der Waals surface area contributed by atoms with Gasteiger partial charge in [0.2, 0.25) is 0 Å². The van der Waals surface area contributed by atoms with Crippen LogP contribution in [-0.4, -0.2) is 32.3 Å². The van der Waals surface area contributed by atoms with E-state index >= 15 is 0 Å². The van der Waals surface area contributed by atoms with Gasteiger partial charge in [0.1, 0.15) is 23.5 Å². The lowest BCUT2D eigenvalue weighted by molar-refractivity contribution is -0.274. The van der Waals surface area contributed by atoms with Crippen LogP contribution in [0, 0.1) is 0 Å². The molecule has 1 amide bonds. The van der Waals surface area contributed by atoms with Crippen molar-refractivity contribution >= 4 is 22.6 Å². The standard InChI is InChI=1S/C21H17F3N6O2/c22-21(23,24)32-15-8-5-13(6-9-15)14-7-10-17(25)16(11-14)20(31)29(26)12-30-27-18-3-1-2-4-19(18)28-30/h1-11H,12,25-26H2. The Labute approximate surface area is 179 Å². The third kappa shape index (κ3) is 4.62. The van der Waals surface area contributed by atoms with Gasteiger partial charge < -0.3 is 10.5 Å². The molecule has 0 aliphatic heterocycles. The normalized spacial score (nSPS) is 11.5. The van der Waals surface area contributed by atoms with Crippen molar-refractivity contribution in [3.63, 3.8) is 0 Å². The molecular formula is C21H17F3N6O2. The van der Waals surface area contributed by atoms with Crippen LogP contribution in [0.3, 0.4) is 0 Å². The van der Waals surface area contributed by atoms with Crippen molar-refractivity contribution in [3.8, 4) is 16.9 Å². The average molecular weight is 442 g/mol. The number of alkyl halides is 3. The van der Waals surface area contributed by atoms with Crippen LogP contribution in [0.1, 0.15) is 10.4 Å². The average Bonchev–Trinajstić information content (AvgIpc) is 3.15. The molecule has 4 aromatic rings. The second kappa shape index (κ2) is 8.19. The quantitative estimate of drug-likeness (QED) is 0.212. The molecule has 0 unspecified atom stereocenters. The fourth-order valence-corrected chi connectivity index (χ4v) is 3.09. The summed E-state index contributed by atoms with van der Waals surface area (Å²) in [6, 6.07) is 17.2. The molecule has 4 rings (SSSR count). The van der Waals surface area contributed by atoms with Gasteiger partial charge in [0.05, 0.1) is 5.56 Å². The fraction of sp³-hybridized carbons (Fsp3) is 0.0952. The van der Waals surface area contributed by atoms with E-state index in [1.807, 2.05) is 12.1 Å². The molecular weight excluding hydrogens is 425 g/mol. The minimum atomic E-state index is -4.78. The maximum atomic E-state index is 12.9. The SMILES string of the molecule is Nc1ccc(-c2ccc(OC(F)(F)F)cc2)cc1C(=O)N(N)Cn1nc2ccccc2n1. The molecule has 0 radical (unpaired) electrons. The first-order valence-corrected chi connectivity index (χ1v) is 9.32. The summed E-state index contributed by atoms with van der Waals surface area (Å²) in [6.45, 7) is -0.110. The van der Waals surface area contributed by atoms with Gasteiger partial charge in [-0.1, -0.05) is 30.3 Å². The molecule has 1 aromatic heterocycles. The van der Waals surface area contributed by atoms with Crippen molar-refractivity contribution in [2.75, 3.05) is 5.73 Å². The summed E-state index contributed by atoms with van der Waals surface area (Å²) >= 11 is 0. The van der Waals surface area contributed by atoms with Gasteiger partial charge in [0, 0.05) is 5.69 Å². The highest BCUT2D eigenvalue weighted by Crippen LogP contribution is 2.28. The van der Waals surface area contributed by atoms with E-state index in [-0.39, 0.29) is 23.7 Å². The molecule has 0 fully saturated rings. The summed E-state index contributed by atoms with van der Waals surface area (Å²) < 4.78 is 40.9. The molecule has 1 heterocycles. The maximum absolute atomic E-state index is 12.9. The van der Waals surface area contributed by atoms with Gasteiger partial charge in [-0.25, -0.2) is 5.84 Å². The number of aromatic nitrogens is 3. The van der Waals surface area contributed by atoms with E-state index in [1.165, 1.54) is 41.2 Å². The Hall–Kier alpha value is -4.12. The highest BCUT2D eigenvalue weighted by atomic mass is 19.4. The molecule has 164 valence electrons. The number of hydrogen-bond acceptors (Lipinski definition) is 6. The monoisotopic (exact) mass is 442 g/mol. The lowest BCUT2D eigenvalue weighted by Crippen LogP contribution is -2.39. The Morgan fingerprint density at radius 2 is 1.56 bits per heavy atom. The number of hydrazine groups is 1. The van der Waals surface area contributed by atoms with E-state index < -0.39 is 12.3 Å². The number of carbonyl (C=O) groups is 1. The third-order valence-electron chi connectivity index (χ3n) is 4.57. The van der Waals surface area contributed by atoms with Crippen LogP contribution < -0.4 is 16.3 Å². The Morgan fingerprint density at radius 1 is 0.969 bits per heavy atom. The van der Waals surface area contributed by atoms with E-state index in [9.17, 15) is 18.0 Å². The van der Waals surface area contributed by atoms with E-state index in [0.717, 1.165) is 5.01 Å². The molecule has 0 spiro atoms. The topological polar surface area (TPSA) is 112 Å². The van der Waals surface area contributed by atoms with Crippen molar-refractivity contribution in [1.82, 2.24) is 20.0 Å². The Bertz CT molecular complexity index is 1240. The molecule has 0 saturated carbocycles. The molecule has 4 N–H and O–H groups in total. The molecule has 8 nitrogen and oxygen atoms in total. The van der Waals surface area contributed by atoms with Crippen LogP contribution in [0.25, 0.3) is 22.2 Å². The number of benzene rings is 3. The smallest absolute Gasteiger partial charge is 0.406 e.